The van der Waals surface area contributed by atoms with Crippen LogP contribution >= 0.6 is 12.2 Å². The molecule has 2 heterocycles. The van der Waals surface area contributed by atoms with Gasteiger partial charge >= 0.3 is 0 Å². The van der Waals surface area contributed by atoms with Crippen LogP contribution < -0.4 is 4.90 Å². The van der Waals surface area contributed by atoms with Gasteiger partial charge in [-0.1, -0.05) is 6.92 Å². The van der Waals surface area contributed by atoms with Crippen LogP contribution in [0.5, 0.6) is 0 Å². The largest absolute Gasteiger partial charge is 0.369 e. The van der Waals surface area contributed by atoms with E-state index in [1.807, 2.05) is 6.92 Å². The number of nitrogens with zero attached hydrogens (tertiary/aromatic N) is 3. The highest BCUT2D eigenvalue weighted by atomic mass is 32.1. The van der Waals surface area contributed by atoms with Gasteiger partial charge in [-0.25, -0.2) is 0 Å². The Balaban J connectivity index is 2.10. The number of carbonyl (C=O) groups is 2. The zero-order chi connectivity index (χ0) is 20.3. The Morgan fingerprint density at radius 2 is 1.67 bits per heavy atom. The summed E-state index contributed by atoms with van der Waals surface area (Å²) in [4.78, 5) is 30.2. The number of hydrogen-bond acceptors (Lipinski definition) is 4. The molecule has 0 aliphatic carbocycles. The minimum Gasteiger partial charge on any atom is -0.369 e. The van der Waals surface area contributed by atoms with E-state index in [2.05, 4.69) is 44.9 Å². The van der Waals surface area contributed by atoms with E-state index in [-0.39, 0.29) is 28.0 Å². The summed E-state index contributed by atoms with van der Waals surface area (Å²) < 4.78 is 0. The van der Waals surface area contributed by atoms with Crippen LogP contribution in [0.15, 0.2) is 17.7 Å². The van der Waals surface area contributed by atoms with E-state index in [1.165, 1.54) is 21.1 Å². The normalized spacial score (nSPS) is 22.3. The summed E-state index contributed by atoms with van der Waals surface area (Å²) >= 11 is 5.16. The zero-order valence-electron chi connectivity index (χ0n) is 17.1. The van der Waals surface area contributed by atoms with E-state index >= 15 is 0 Å². The van der Waals surface area contributed by atoms with Crippen LogP contribution in [-0.2, 0) is 9.59 Å². The first kappa shape index (κ1) is 19.5. The van der Waals surface area contributed by atoms with Gasteiger partial charge in [0.05, 0.1) is 0 Å². The lowest BCUT2D eigenvalue weighted by molar-refractivity contribution is -0.132. The molecule has 2 aliphatic rings. The number of amides is 2. The van der Waals surface area contributed by atoms with E-state index in [0.29, 0.717) is 5.92 Å². The molecule has 0 aromatic heterocycles. The molecule has 1 saturated heterocycles. The first-order valence-electron chi connectivity index (χ1n) is 9.16. The molecule has 5 nitrogen and oxygen atoms in total. The molecule has 1 atom stereocenters. The van der Waals surface area contributed by atoms with Gasteiger partial charge in [0.1, 0.15) is 5.57 Å². The van der Waals surface area contributed by atoms with Crippen molar-refractivity contribution in [3.05, 3.63) is 34.4 Å². The molecule has 1 fully saturated rings. The van der Waals surface area contributed by atoms with E-state index in [1.54, 1.807) is 20.2 Å². The fraction of sp³-hybridized carbons (Fsp3) is 0.476. The smallest absolute Gasteiger partial charge is 0.265 e. The molecule has 27 heavy (non-hydrogen) atoms. The molecular formula is C21H27N3O2S. The van der Waals surface area contributed by atoms with Gasteiger partial charge in [-0.05, 0) is 80.2 Å². The van der Waals surface area contributed by atoms with Crippen molar-refractivity contribution in [2.75, 3.05) is 26.0 Å². The van der Waals surface area contributed by atoms with Crippen LogP contribution in [0.2, 0.25) is 0 Å². The molecule has 0 unspecified atom stereocenters. The van der Waals surface area contributed by atoms with E-state index in [0.717, 1.165) is 17.5 Å². The van der Waals surface area contributed by atoms with Crippen molar-refractivity contribution in [3.8, 4) is 0 Å². The van der Waals surface area contributed by atoms with Crippen LogP contribution in [0, 0.1) is 6.92 Å². The second-order valence-electron chi connectivity index (χ2n) is 8.31. The molecule has 0 spiro atoms. The fourth-order valence-electron chi connectivity index (χ4n) is 4.02. The average Bonchev–Trinajstić information content (AvgIpc) is 2.60. The Hall–Kier alpha value is -2.21. The van der Waals surface area contributed by atoms with Crippen molar-refractivity contribution in [1.29, 1.82) is 0 Å². The maximum atomic E-state index is 12.6. The van der Waals surface area contributed by atoms with Gasteiger partial charge < -0.3 is 4.90 Å². The van der Waals surface area contributed by atoms with Gasteiger partial charge in [-0.2, -0.15) is 0 Å². The van der Waals surface area contributed by atoms with Gasteiger partial charge in [0.15, 0.2) is 5.11 Å². The maximum Gasteiger partial charge on any atom is 0.265 e. The van der Waals surface area contributed by atoms with Gasteiger partial charge in [0.25, 0.3) is 11.8 Å². The number of anilines is 1. The Labute approximate surface area is 166 Å². The highest BCUT2D eigenvalue weighted by molar-refractivity contribution is 7.80. The highest BCUT2D eigenvalue weighted by Crippen LogP contribution is 2.43. The number of likely N-dealkylation sites (N-methyl/N-ethyl adjacent to an activating group) is 2. The molecule has 6 heteroatoms. The number of fused-ring (bicyclic) bond motifs is 1. The molecular weight excluding hydrogens is 358 g/mol. The van der Waals surface area contributed by atoms with Crippen molar-refractivity contribution >= 4 is 40.9 Å². The van der Waals surface area contributed by atoms with Crippen LogP contribution in [-0.4, -0.2) is 53.4 Å². The maximum absolute atomic E-state index is 12.6. The number of benzene rings is 1. The summed E-state index contributed by atoms with van der Waals surface area (Å²) in [5.74, 6) is -0.308. The molecule has 3 rings (SSSR count). The lowest BCUT2D eigenvalue weighted by Crippen LogP contribution is -2.52. The van der Waals surface area contributed by atoms with Gasteiger partial charge in [-0.15, -0.1) is 0 Å². The second-order valence-corrected chi connectivity index (χ2v) is 8.68. The van der Waals surface area contributed by atoms with Crippen LogP contribution in [0.3, 0.4) is 0 Å². The predicted octanol–water partition coefficient (Wildman–Crippen LogP) is 3.32. The first-order chi connectivity index (χ1) is 12.5. The van der Waals surface area contributed by atoms with E-state index in [4.69, 9.17) is 12.2 Å². The molecule has 144 valence electrons. The number of thiocarbonyl (C=S) groups is 1. The lowest BCUT2D eigenvalue weighted by Gasteiger charge is -2.45. The molecule has 1 aromatic carbocycles. The van der Waals surface area contributed by atoms with Crippen LogP contribution in [0.1, 0.15) is 49.8 Å². The first-order valence-corrected chi connectivity index (χ1v) is 9.56. The van der Waals surface area contributed by atoms with Crippen LogP contribution in [0.25, 0.3) is 6.08 Å². The van der Waals surface area contributed by atoms with Crippen molar-refractivity contribution < 1.29 is 9.59 Å². The molecule has 2 aliphatic heterocycles. The molecule has 0 saturated carbocycles. The van der Waals surface area contributed by atoms with Crippen LogP contribution in [0.4, 0.5) is 5.69 Å². The number of hydrogen-bond donors (Lipinski definition) is 0. The quantitative estimate of drug-likeness (QED) is 0.423. The third kappa shape index (κ3) is 3.06. The Kier molecular flexibility index (Phi) is 4.67. The Morgan fingerprint density at radius 1 is 1.11 bits per heavy atom. The predicted molar refractivity (Wildman–Crippen MR) is 113 cm³/mol. The molecule has 0 radical (unpaired) electrons. The van der Waals surface area contributed by atoms with Gasteiger partial charge in [0, 0.05) is 32.4 Å². The number of carbonyl (C=O) groups excluding carboxylic acids is 2. The molecule has 0 bridgehead atoms. The number of aryl methyl sites for hydroxylation is 1. The minimum atomic E-state index is -0.355. The van der Waals surface area contributed by atoms with E-state index < -0.39 is 0 Å². The SMILES string of the molecule is Cc1cc2c(cc1C=C1C(=O)N(C)C(=S)N(C)C1=O)[C@@H](C)CC(C)(C)N2C. The molecule has 2 amide bonds. The summed E-state index contributed by atoms with van der Waals surface area (Å²) in [5, 5.41) is 0.224. The third-order valence-corrected chi connectivity index (χ3v) is 6.51. The summed E-state index contributed by atoms with van der Waals surface area (Å²) in [5.41, 5.74) is 4.65. The highest BCUT2D eigenvalue weighted by Gasteiger charge is 2.37. The van der Waals surface area contributed by atoms with Gasteiger partial charge in [0.2, 0.25) is 0 Å². The molecule has 1 aromatic rings. The second kappa shape index (κ2) is 6.44. The fourth-order valence-corrected chi connectivity index (χ4v) is 4.19. The van der Waals surface area contributed by atoms with Crippen molar-refractivity contribution in [3.63, 3.8) is 0 Å². The standard InChI is InChI=1S/C21H27N3O2S/c1-12-8-17-15(13(2)11-21(3,4)24(17)7)9-14(12)10-16-18(25)22(5)20(27)23(6)19(16)26/h8-10,13H,11H2,1-7H3/t13-/m0/s1. The summed E-state index contributed by atoms with van der Waals surface area (Å²) in [7, 11) is 5.32. The monoisotopic (exact) mass is 385 g/mol. The third-order valence-electron chi connectivity index (χ3n) is 5.97. The van der Waals surface area contributed by atoms with Gasteiger partial charge in [-0.3, -0.25) is 19.4 Å². The topological polar surface area (TPSA) is 43.9 Å². The Bertz CT molecular complexity index is 862. The number of rotatable bonds is 1. The summed E-state index contributed by atoms with van der Waals surface area (Å²) in [6, 6.07) is 4.29. The zero-order valence-corrected chi connectivity index (χ0v) is 17.9. The molecule has 0 N–H and O–H groups in total. The average molecular weight is 386 g/mol. The van der Waals surface area contributed by atoms with Crippen molar-refractivity contribution in [1.82, 2.24) is 9.80 Å². The van der Waals surface area contributed by atoms with Crippen molar-refractivity contribution in [2.24, 2.45) is 0 Å². The Morgan fingerprint density at radius 3 is 2.22 bits per heavy atom. The minimum absolute atomic E-state index is 0.0925. The summed E-state index contributed by atoms with van der Waals surface area (Å²) in [6.07, 6.45) is 2.76. The summed E-state index contributed by atoms with van der Waals surface area (Å²) in [6.45, 7) is 8.76. The van der Waals surface area contributed by atoms with Crippen molar-refractivity contribution in [2.45, 2.75) is 45.6 Å². The van der Waals surface area contributed by atoms with E-state index in [9.17, 15) is 9.59 Å². The lowest BCUT2D eigenvalue weighted by atomic mass is 9.79.